The van der Waals surface area contributed by atoms with Gasteiger partial charge in [0.15, 0.2) is 17.5 Å². The summed E-state index contributed by atoms with van der Waals surface area (Å²) in [6, 6.07) is 0.870. The average Bonchev–Trinajstić information content (AvgIpc) is 2.99. The van der Waals surface area contributed by atoms with Crippen LogP contribution in [0.4, 0.5) is 18.9 Å². The minimum absolute atomic E-state index is 0.0442. The summed E-state index contributed by atoms with van der Waals surface area (Å²) in [6.07, 6.45) is 3.46. The molecule has 2 rings (SSSR count). The van der Waals surface area contributed by atoms with E-state index in [1.165, 1.54) is 6.92 Å². The lowest BCUT2D eigenvalue weighted by atomic mass is 9.97. The Balaban J connectivity index is 2.17. The lowest BCUT2D eigenvalue weighted by molar-refractivity contribution is -0.126. The Labute approximate surface area is 126 Å². The highest BCUT2D eigenvalue weighted by Crippen LogP contribution is 2.29. The van der Waals surface area contributed by atoms with Crippen LogP contribution in [0.15, 0.2) is 12.1 Å². The van der Waals surface area contributed by atoms with Crippen LogP contribution in [0.5, 0.6) is 0 Å². The average molecular weight is 314 g/mol. The highest BCUT2D eigenvalue weighted by molar-refractivity contribution is 5.97. The standard InChI is InChI=1S/C15H17F3N2O2/c1-8(21)19-14(9-4-2-3-5-9)15(22)20-11-7-6-10(16)12(17)13(11)18/h6-7,9,14H,2-5H2,1H3,(H,19,21)(H,20,22). The molecule has 0 heterocycles. The van der Waals surface area contributed by atoms with Crippen LogP contribution in [0.1, 0.15) is 32.6 Å². The molecule has 2 amide bonds. The predicted octanol–water partition coefficient (Wildman–Crippen LogP) is 2.74. The van der Waals surface area contributed by atoms with E-state index in [9.17, 15) is 22.8 Å². The van der Waals surface area contributed by atoms with Gasteiger partial charge in [-0.15, -0.1) is 0 Å². The van der Waals surface area contributed by atoms with Crippen molar-refractivity contribution >= 4 is 17.5 Å². The van der Waals surface area contributed by atoms with E-state index in [-0.39, 0.29) is 11.8 Å². The Morgan fingerprint density at radius 2 is 1.77 bits per heavy atom. The largest absolute Gasteiger partial charge is 0.344 e. The second-order valence-electron chi connectivity index (χ2n) is 5.43. The molecule has 1 atom stereocenters. The molecular weight excluding hydrogens is 297 g/mol. The second kappa shape index (κ2) is 6.81. The lowest BCUT2D eigenvalue weighted by Gasteiger charge is -2.23. The summed E-state index contributed by atoms with van der Waals surface area (Å²) in [6.45, 7) is 1.29. The summed E-state index contributed by atoms with van der Waals surface area (Å²) in [5, 5.41) is 4.77. The number of carbonyl (C=O) groups is 2. The van der Waals surface area contributed by atoms with Crippen molar-refractivity contribution in [3.8, 4) is 0 Å². The highest BCUT2D eigenvalue weighted by atomic mass is 19.2. The summed E-state index contributed by atoms with van der Waals surface area (Å²) in [7, 11) is 0. The molecule has 4 nitrogen and oxygen atoms in total. The van der Waals surface area contributed by atoms with Gasteiger partial charge in [-0.1, -0.05) is 12.8 Å². The Morgan fingerprint density at radius 1 is 1.14 bits per heavy atom. The van der Waals surface area contributed by atoms with Crippen LogP contribution < -0.4 is 10.6 Å². The minimum Gasteiger partial charge on any atom is -0.344 e. The number of carbonyl (C=O) groups excluding carboxylic acids is 2. The summed E-state index contributed by atoms with van der Waals surface area (Å²) in [5.74, 6) is -5.48. The Morgan fingerprint density at radius 3 is 2.36 bits per heavy atom. The number of hydrogen-bond donors (Lipinski definition) is 2. The van der Waals surface area contributed by atoms with E-state index in [1.807, 2.05) is 0 Å². The van der Waals surface area contributed by atoms with Crippen LogP contribution in [0.3, 0.4) is 0 Å². The Bertz CT molecular complexity index is 586. The molecule has 0 aliphatic heterocycles. The van der Waals surface area contributed by atoms with E-state index < -0.39 is 35.1 Å². The third-order valence-electron chi connectivity index (χ3n) is 3.81. The number of hydrogen-bond acceptors (Lipinski definition) is 2. The number of benzene rings is 1. The first-order valence-electron chi connectivity index (χ1n) is 7.11. The highest BCUT2D eigenvalue weighted by Gasteiger charge is 2.32. The monoisotopic (exact) mass is 314 g/mol. The van der Waals surface area contributed by atoms with Gasteiger partial charge >= 0.3 is 0 Å². The summed E-state index contributed by atoms with van der Waals surface area (Å²) in [4.78, 5) is 23.5. The van der Waals surface area contributed by atoms with Gasteiger partial charge in [-0.25, -0.2) is 13.2 Å². The van der Waals surface area contributed by atoms with Gasteiger partial charge < -0.3 is 10.6 Å². The molecular formula is C15H17F3N2O2. The smallest absolute Gasteiger partial charge is 0.247 e. The molecule has 22 heavy (non-hydrogen) atoms. The maximum absolute atomic E-state index is 13.6. The molecule has 1 aromatic rings. The molecule has 1 aliphatic rings. The quantitative estimate of drug-likeness (QED) is 0.840. The fourth-order valence-corrected chi connectivity index (χ4v) is 2.74. The summed E-state index contributed by atoms with van der Waals surface area (Å²) in [5.41, 5.74) is -0.447. The molecule has 1 saturated carbocycles. The van der Waals surface area contributed by atoms with Crippen LogP contribution in [-0.4, -0.2) is 17.9 Å². The number of nitrogens with one attached hydrogen (secondary N) is 2. The van der Waals surface area contributed by atoms with Gasteiger partial charge in [0.05, 0.1) is 5.69 Å². The predicted molar refractivity (Wildman–Crippen MR) is 74.5 cm³/mol. The van der Waals surface area contributed by atoms with Crippen molar-refractivity contribution < 1.29 is 22.8 Å². The van der Waals surface area contributed by atoms with Crippen LogP contribution in [0.2, 0.25) is 0 Å². The fourth-order valence-electron chi connectivity index (χ4n) is 2.74. The molecule has 1 fully saturated rings. The Kier molecular flexibility index (Phi) is 5.05. The molecule has 0 radical (unpaired) electrons. The maximum Gasteiger partial charge on any atom is 0.247 e. The van der Waals surface area contributed by atoms with Gasteiger partial charge in [0.1, 0.15) is 6.04 Å². The number of amides is 2. The van der Waals surface area contributed by atoms with Crippen molar-refractivity contribution in [2.75, 3.05) is 5.32 Å². The van der Waals surface area contributed by atoms with Gasteiger partial charge in [-0.2, -0.15) is 0 Å². The van der Waals surface area contributed by atoms with E-state index in [4.69, 9.17) is 0 Å². The zero-order valence-corrected chi connectivity index (χ0v) is 12.1. The number of rotatable bonds is 4. The van der Waals surface area contributed by atoms with E-state index in [0.717, 1.165) is 37.8 Å². The third-order valence-corrected chi connectivity index (χ3v) is 3.81. The van der Waals surface area contributed by atoms with Crippen molar-refractivity contribution in [1.82, 2.24) is 5.32 Å². The molecule has 120 valence electrons. The molecule has 0 bridgehead atoms. The van der Waals surface area contributed by atoms with Crippen LogP contribution >= 0.6 is 0 Å². The molecule has 7 heteroatoms. The van der Waals surface area contributed by atoms with Crippen LogP contribution in [-0.2, 0) is 9.59 Å². The van der Waals surface area contributed by atoms with E-state index in [0.29, 0.717) is 0 Å². The third kappa shape index (κ3) is 3.58. The normalized spacial score (nSPS) is 16.4. The molecule has 0 aromatic heterocycles. The molecule has 2 N–H and O–H groups in total. The van der Waals surface area contributed by atoms with Crippen molar-refractivity contribution in [1.29, 1.82) is 0 Å². The SMILES string of the molecule is CC(=O)NC(C(=O)Nc1ccc(F)c(F)c1F)C1CCCC1. The molecule has 1 aliphatic carbocycles. The minimum atomic E-state index is -1.64. The first-order chi connectivity index (χ1) is 10.4. The maximum atomic E-state index is 13.6. The van der Waals surface area contributed by atoms with E-state index in [1.54, 1.807) is 0 Å². The first kappa shape index (κ1) is 16.3. The van der Waals surface area contributed by atoms with Gasteiger partial charge in [0, 0.05) is 6.92 Å². The summed E-state index contributed by atoms with van der Waals surface area (Å²) >= 11 is 0. The molecule has 1 unspecified atom stereocenters. The van der Waals surface area contributed by atoms with E-state index in [2.05, 4.69) is 10.6 Å². The van der Waals surface area contributed by atoms with Crippen molar-refractivity contribution in [2.45, 2.75) is 38.6 Å². The Hall–Kier alpha value is -2.05. The van der Waals surface area contributed by atoms with Gasteiger partial charge in [0.2, 0.25) is 11.8 Å². The first-order valence-corrected chi connectivity index (χ1v) is 7.11. The fraction of sp³-hybridized carbons (Fsp3) is 0.467. The zero-order valence-electron chi connectivity index (χ0n) is 12.1. The van der Waals surface area contributed by atoms with E-state index >= 15 is 0 Å². The number of halogens is 3. The van der Waals surface area contributed by atoms with Gasteiger partial charge in [0.25, 0.3) is 0 Å². The molecule has 0 saturated heterocycles. The molecule has 0 spiro atoms. The molecule has 1 aromatic carbocycles. The van der Waals surface area contributed by atoms with Gasteiger partial charge in [-0.3, -0.25) is 9.59 Å². The van der Waals surface area contributed by atoms with Gasteiger partial charge in [-0.05, 0) is 30.9 Å². The second-order valence-corrected chi connectivity index (χ2v) is 5.43. The van der Waals surface area contributed by atoms with Crippen LogP contribution in [0, 0.1) is 23.4 Å². The van der Waals surface area contributed by atoms with Crippen molar-refractivity contribution in [3.63, 3.8) is 0 Å². The summed E-state index contributed by atoms with van der Waals surface area (Å²) < 4.78 is 39.7. The van der Waals surface area contributed by atoms with Crippen molar-refractivity contribution in [2.24, 2.45) is 5.92 Å². The number of anilines is 1. The zero-order chi connectivity index (χ0) is 16.3. The van der Waals surface area contributed by atoms with Crippen LogP contribution in [0.25, 0.3) is 0 Å². The lowest BCUT2D eigenvalue weighted by Crippen LogP contribution is -2.47. The van der Waals surface area contributed by atoms with Crippen molar-refractivity contribution in [3.05, 3.63) is 29.6 Å². The topological polar surface area (TPSA) is 58.2 Å².